The third kappa shape index (κ3) is 2.89. The second-order valence-corrected chi connectivity index (χ2v) is 7.20. The van der Waals surface area contributed by atoms with Gasteiger partial charge in [-0.25, -0.2) is 18.1 Å². The maximum absolute atomic E-state index is 12.2. The molecule has 4 N–H and O–H groups in total. The van der Waals surface area contributed by atoms with Gasteiger partial charge in [-0.1, -0.05) is 0 Å². The van der Waals surface area contributed by atoms with E-state index in [1.807, 2.05) is 0 Å². The number of fused-ring (bicyclic) bond motifs is 1. The van der Waals surface area contributed by atoms with E-state index in [4.69, 9.17) is 5.73 Å². The monoisotopic (exact) mass is 324 g/mol. The van der Waals surface area contributed by atoms with Crippen molar-refractivity contribution >= 4 is 38.1 Å². The predicted octanol–water partition coefficient (Wildman–Crippen LogP) is 0.698. The Kier molecular flexibility index (Phi) is 3.40. The summed E-state index contributed by atoms with van der Waals surface area (Å²) in [7, 11) is -3.65. The third-order valence-corrected chi connectivity index (χ3v) is 5.15. The molecule has 21 heavy (non-hydrogen) atoms. The van der Waals surface area contributed by atoms with Gasteiger partial charge >= 0.3 is 0 Å². The Morgan fingerprint density at radius 3 is 2.95 bits per heavy atom. The summed E-state index contributed by atoms with van der Waals surface area (Å²) in [5, 5.41) is 4.75. The van der Waals surface area contributed by atoms with E-state index in [2.05, 4.69) is 15.0 Å². The van der Waals surface area contributed by atoms with E-state index in [1.54, 1.807) is 11.4 Å². The van der Waals surface area contributed by atoms with Crippen molar-refractivity contribution in [3.8, 4) is 0 Å². The van der Waals surface area contributed by atoms with Crippen LogP contribution in [0.3, 0.4) is 0 Å². The van der Waals surface area contributed by atoms with Crippen LogP contribution in [-0.2, 0) is 27.8 Å². The van der Waals surface area contributed by atoms with Gasteiger partial charge in [-0.2, -0.15) is 0 Å². The lowest BCUT2D eigenvalue weighted by Gasteiger charge is -2.07. The number of aromatic nitrogens is 1. The van der Waals surface area contributed by atoms with Gasteiger partial charge in [0.15, 0.2) is 5.13 Å². The summed E-state index contributed by atoms with van der Waals surface area (Å²) in [4.78, 5) is 15.4. The molecule has 0 fully saturated rings. The van der Waals surface area contributed by atoms with Crippen LogP contribution in [0.2, 0.25) is 0 Å². The molecule has 1 aromatic heterocycles. The number of carbonyl (C=O) groups excluding carboxylic acids is 1. The summed E-state index contributed by atoms with van der Waals surface area (Å²) in [5.41, 5.74) is 7.40. The van der Waals surface area contributed by atoms with E-state index in [1.165, 1.54) is 23.5 Å². The van der Waals surface area contributed by atoms with Gasteiger partial charge in [0.1, 0.15) is 0 Å². The van der Waals surface area contributed by atoms with Crippen molar-refractivity contribution in [1.29, 1.82) is 0 Å². The molecule has 1 aliphatic heterocycles. The lowest BCUT2D eigenvalue weighted by Crippen LogP contribution is -2.23. The van der Waals surface area contributed by atoms with Crippen LogP contribution in [0.1, 0.15) is 11.3 Å². The first-order chi connectivity index (χ1) is 9.94. The number of nitrogens with two attached hydrogens (primary N) is 1. The molecule has 0 saturated carbocycles. The van der Waals surface area contributed by atoms with E-state index >= 15 is 0 Å². The highest BCUT2D eigenvalue weighted by atomic mass is 32.2. The smallest absolute Gasteiger partial charge is 0.240 e. The normalized spacial score (nSPS) is 14.0. The van der Waals surface area contributed by atoms with Crippen LogP contribution in [0.5, 0.6) is 0 Å². The number of nitrogen functional groups attached to an aromatic ring is 1. The quantitative estimate of drug-likeness (QED) is 0.766. The zero-order chi connectivity index (χ0) is 15.0. The second kappa shape index (κ2) is 5.10. The van der Waals surface area contributed by atoms with Crippen molar-refractivity contribution in [3.63, 3.8) is 0 Å². The fourth-order valence-electron chi connectivity index (χ4n) is 2.03. The van der Waals surface area contributed by atoms with Crippen LogP contribution in [0.25, 0.3) is 0 Å². The fraction of sp³-hybridized carbons (Fsp3) is 0.167. The Hall–Kier alpha value is -1.97. The lowest BCUT2D eigenvalue weighted by molar-refractivity contribution is -0.115. The van der Waals surface area contributed by atoms with Crippen LogP contribution in [0.4, 0.5) is 10.8 Å². The molecule has 0 radical (unpaired) electrons. The van der Waals surface area contributed by atoms with Crippen LogP contribution < -0.4 is 15.8 Å². The average Bonchev–Trinajstić information content (AvgIpc) is 3.00. The third-order valence-electron chi connectivity index (χ3n) is 3.02. The molecular weight excluding hydrogens is 312 g/mol. The highest BCUT2D eigenvalue weighted by Crippen LogP contribution is 2.25. The number of benzene rings is 1. The number of hydrogen-bond acceptors (Lipinski definition) is 6. The average molecular weight is 324 g/mol. The van der Waals surface area contributed by atoms with E-state index in [-0.39, 0.29) is 23.8 Å². The molecule has 3 rings (SSSR count). The molecule has 0 saturated heterocycles. The summed E-state index contributed by atoms with van der Waals surface area (Å²) >= 11 is 1.25. The van der Waals surface area contributed by atoms with Gasteiger partial charge in [0.05, 0.1) is 23.6 Å². The van der Waals surface area contributed by atoms with Crippen LogP contribution in [0, 0.1) is 0 Å². The first kappa shape index (κ1) is 14.0. The minimum absolute atomic E-state index is 0.0737. The molecule has 1 aromatic carbocycles. The minimum Gasteiger partial charge on any atom is -0.375 e. The Bertz CT molecular complexity index is 814. The molecule has 1 amide bonds. The number of nitrogens with one attached hydrogen (secondary N) is 2. The molecule has 1 aliphatic rings. The van der Waals surface area contributed by atoms with Crippen LogP contribution in [0.15, 0.2) is 28.5 Å². The molecule has 110 valence electrons. The van der Waals surface area contributed by atoms with E-state index in [0.717, 1.165) is 0 Å². The van der Waals surface area contributed by atoms with Crippen molar-refractivity contribution in [2.45, 2.75) is 17.9 Å². The van der Waals surface area contributed by atoms with Crippen LogP contribution in [-0.4, -0.2) is 19.3 Å². The molecule has 0 bridgehead atoms. The standard InChI is InChI=1S/C12H12N4O3S2/c13-12-15-8(6-20-12)5-14-21(18,19)9-1-2-10-7(3-9)4-11(17)16-10/h1-3,6,14H,4-5H2,(H2,13,15)(H,16,17). The highest BCUT2D eigenvalue weighted by Gasteiger charge is 2.21. The van der Waals surface area contributed by atoms with Crippen molar-refractivity contribution in [2.24, 2.45) is 0 Å². The zero-order valence-electron chi connectivity index (χ0n) is 10.8. The molecule has 9 heteroatoms. The summed E-state index contributed by atoms with van der Waals surface area (Å²) in [5.74, 6) is -0.134. The van der Waals surface area contributed by atoms with Gasteiger partial charge in [-0.15, -0.1) is 11.3 Å². The maximum Gasteiger partial charge on any atom is 0.240 e. The summed E-state index contributed by atoms with van der Waals surface area (Å²) in [6, 6.07) is 4.56. The van der Waals surface area contributed by atoms with Gasteiger partial charge in [-0.05, 0) is 23.8 Å². The van der Waals surface area contributed by atoms with Crippen molar-refractivity contribution in [3.05, 3.63) is 34.8 Å². The van der Waals surface area contributed by atoms with Gasteiger partial charge in [-0.3, -0.25) is 4.79 Å². The Morgan fingerprint density at radius 2 is 2.24 bits per heavy atom. The Balaban J connectivity index is 1.79. The second-order valence-electron chi connectivity index (χ2n) is 4.55. The number of carbonyl (C=O) groups is 1. The first-order valence-electron chi connectivity index (χ1n) is 6.06. The number of hydrogen-bond donors (Lipinski definition) is 3. The maximum atomic E-state index is 12.2. The number of thiazole rings is 1. The van der Waals surface area contributed by atoms with Crippen molar-refractivity contribution < 1.29 is 13.2 Å². The van der Waals surface area contributed by atoms with Crippen LogP contribution >= 0.6 is 11.3 Å². The van der Waals surface area contributed by atoms with Crippen molar-refractivity contribution in [2.75, 3.05) is 11.1 Å². The molecular formula is C12H12N4O3S2. The van der Waals surface area contributed by atoms with Gasteiger partial charge in [0.25, 0.3) is 0 Å². The SMILES string of the molecule is Nc1nc(CNS(=O)(=O)c2ccc3c(c2)CC(=O)N3)cs1. The summed E-state index contributed by atoms with van der Waals surface area (Å²) < 4.78 is 26.9. The van der Waals surface area contributed by atoms with E-state index in [9.17, 15) is 13.2 Å². The first-order valence-corrected chi connectivity index (χ1v) is 8.43. The predicted molar refractivity (Wildman–Crippen MR) is 79.3 cm³/mol. The highest BCUT2D eigenvalue weighted by molar-refractivity contribution is 7.89. The van der Waals surface area contributed by atoms with E-state index < -0.39 is 10.0 Å². The topological polar surface area (TPSA) is 114 Å². The molecule has 0 unspecified atom stereocenters. The number of anilines is 2. The molecule has 0 spiro atoms. The largest absolute Gasteiger partial charge is 0.375 e. The molecule has 2 heterocycles. The lowest BCUT2D eigenvalue weighted by atomic mass is 10.2. The van der Waals surface area contributed by atoms with E-state index in [0.29, 0.717) is 22.1 Å². The Labute approximate surface area is 125 Å². The van der Waals surface area contributed by atoms with Crippen molar-refractivity contribution in [1.82, 2.24) is 9.71 Å². The molecule has 7 nitrogen and oxygen atoms in total. The number of nitrogens with zero attached hydrogens (tertiary/aromatic N) is 1. The zero-order valence-corrected chi connectivity index (χ0v) is 12.4. The van der Waals surface area contributed by atoms with Gasteiger partial charge in [0, 0.05) is 11.1 Å². The summed E-state index contributed by atoms with van der Waals surface area (Å²) in [6.45, 7) is 0.0737. The molecule has 0 atom stereocenters. The fourth-order valence-corrected chi connectivity index (χ4v) is 3.64. The Morgan fingerprint density at radius 1 is 1.43 bits per heavy atom. The number of rotatable bonds is 4. The van der Waals surface area contributed by atoms with Gasteiger partial charge in [0.2, 0.25) is 15.9 Å². The minimum atomic E-state index is -3.65. The van der Waals surface area contributed by atoms with Gasteiger partial charge < -0.3 is 11.1 Å². The number of sulfonamides is 1. The molecule has 0 aliphatic carbocycles. The molecule has 2 aromatic rings. The summed E-state index contributed by atoms with van der Waals surface area (Å²) in [6.07, 6.45) is 0.196. The number of amides is 1.